The van der Waals surface area contributed by atoms with E-state index in [9.17, 15) is 9.59 Å². The van der Waals surface area contributed by atoms with Crippen molar-refractivity contribution >= 4 is 17.5 Å². The number of anilines is 1. The summed E-state index contributed by atoms with van der Waals surface area (Å²) >= 11 is 0. The Morgan fingerprint density at radius 2 is 2.12 bits per heavy atom. The van der Waals surface area contributed by atoms with Gasteiger partial charge in [0.2, 0.25) is 5.91 Å². The van der Waals surface area contributed by atoms with E-state index in [4.69, 9.17) is 15.9 Å². The van der Waals surface area contributed by atoms with Crippen LogP contribution in [0.15, 0.2) is 24.3 Å². The number of para-hydroxylation sites is 2. The molecule has 3 rings (SSSR count). The van der Waals surface area contributed by atoms with Crippen LogP contribution in [0.5, 0.6) is 5.75 Å². The van der Waals surface area contributed by atoms with E-state index in [0.29, 0.717) is 24.7 Å². The zero-order valence-electron chi connectivity index (χ0n) is 13.4. The molecule has 2 aliphatic rings. The molecule has 1 N–H and O–H groups in total. The van der Waals surface area contributed by atoms with Gasteiger partial charge in [0.1, 0.15) is 12.3 Å². The Hall–Kier alpha value is -2.52. The predicted molar refractivity (Wildman–Crippen MR) is 88.6 cm³/mol. The number of hydrogen-bond acceptors (Lipinski definition) is 4. The molecule has 126 valence electrons. The van der Waals surface area contributed by atoms with Crippen molar-refractivity contribution in [2.24, 2.45) is 5.92 Å². The molecule has 1 fully saturated rings. The van der Waals surface area contributed by atoms with Gasteiger partial charge in [0.25, 0.3) is 5.91 Å². The number of benzene rings is 1. The van der Waals surface area contributed by atoms with Crippen LogP contribution in [0.3, 0.4) is 0 Å². The van der Waals surface area contributed by atoms with Gasteiger partial charge in [-0.3, -0.25) is 14.5 Å². The highest BCUT2D eigenvalue weighted by Gasteiger charge is 2.29. The highest BCUT2D eigenvalue weighted by molar-refractivity contribution is 6.02. The maximum absolute atomic E-state index is 12.4. The molecule has 0 spiro atoms. The van der Waals surface area contributed by atoms with Crippen LogP contribution in [0.4, 0.5) is 5.69 Å². The minimum absolute atomic E-state index is 0.0666. The third-order valence-electron chi connectivity index (χ3n) is 4.34. The average molecular weight is 328 g/mol. The average Bonchev–Trinajstić information content (AvgIpc) is 2.63. The van der Waals surface area contributed by atoms with Crippen molar-refractivity contribution < 1.29 is 19.1 Å². The lowest BCUT2D eigenvalue weighted by molar-refractivity contribution is -0.125. The zero-order valence-corrected chi connectivity index (χ0v) is 13.4. The van der Waals surface area contributed by atoms with E-state index in [1.165, 1.54) is 4.90 Å². The molecular formula is C18H20N2O4. The fourth-order valence-electron chi connectivity index (χ4n) is 3.03. The summed E-state index contributed by atoms with van der Waals surface area (Å²) < 4.78 is 10.7. The topological polar surface area (TPSA) is 67.9 Å². The number of nitrogens with one attached hydrogen (secondary N) is 1. The lowest BCUT2D eigenvalue weighted by Crippen LogP contribution is -2.49. The van der Waals surface area contributed by atoms with E-state index < -0.39 is 0 Å². The van der Waals surface area contributed by atoms with Crippen LogP contribution in [-0.4, -0.2) is 44.2 Å². The van der Waals surface area contributed by atoms with Crippen LogP contribution in [0, 0.1) is 18.3 Å². The van der Waals surface area contributed by atoms with E-state index >= 15 is 0 Å². The van der Waals surface area contributed by atoms with Crippen LogP contribution in [0.1, 0.15) is 12.8 Å². The van der Waals surface area contributed by atoms with Crippen LogP contribution < -0.4 is 15.0 Å². The molecule has 0 aromatic heterocycles. The van der Waals surface area contributed by atoms with Gasteiger partial charge in [0.05, 0.1) is 11.7 Å². The van der Waals surface area contributed by atoms with Gasteiger partial charge < -0.3 is 14.8 Å². The molecule has 24 heavy (non-hydrogen) atoms. The summed E-state index contributed by atoms with van der Waals surface area (Å²) in [5.74, 6) is 2.95. The Kier molecular flexibility index (Phi) is 5.02. The Balaban J connectivity index is 1.66. The third-order valence-corrected chi connectivity index (χ3v) is 4.34. The van der Waals surface area contributed by atoms with Crippen molar-refractivity contribution in [1.29, 1.82) is 0 Å². The number of rotatable bonds is 4. The largest absolute Gasteiger partial charge is 0.482 e. The van der Waals surface area contributed by atoms with Crippen molar-refractivity contribution in [3.8, 4) is 18.1 Å². The van der Waals surface area contributed by atoms with Crippen LogP contribution >= 0.6 is 0 Å². The third kappa shape index (κ3) is 3.52. The van der Waals surface area contributed by atoms with E-state index in [0.717, 1.165) is 12.8 Å². The molecule has 6 heteroatoms. The second-order valence-electron chi connectivity index (χ2n) is 5.90. The van der Waals surface area contributed by atoms with E-state index in [-0.39, 0.29) is 36.9 Å². The minimum atomic E-state index is -0.340. The van der Waals surface area contributed by atoms with Gasteiger partial charge in [-0.1, -0.05) is 18.1 Å². The summed E-state index contributed by atoms with van der Waals surface area (Å²) in [5.41, 5.74) is 0.604. The van der Waals surface area contributed by atoms with Gasteiger partial charge in [-0.2, -0.15) is 0 Å². The molecule has 1 unspecified atom stereocenters. The number of nitrogens with zero attached hydrogens (tertiary/aromatic N) is 1. The molecule has 2 aliphatic heterocycles. The number of fused-ring (bicyclic) bond motifs is 1. The Morgan fingerprint density at radius 1 is 1.38 bits per heavy atom. The van der Waals surface area contributed by atoms with Gasteiger partial charge in [0.15, 0.2) is 6.61 Å². The molecule has 1 atom stereocenters. The van der Waals surface area contributed by atoms with Gasteiger partial charge >= 0.3 is 0 Å². The fraction of sp³-hybridized carbons (Fsp3) is 0.444. The molecule has 2 heterocycles. The molecule has 1 aromatic rings. The Bertz CT molecular complexity index is 661. The van der Waals surface area contributed by atoms with E-state index in [1.54, 1.807) is 18.2 Å². The number of carbonyl (C=O) groups excluding carboxylic acids is 2. The predicted octanol–water partition coefficient (Wildman–Crippen LogP) is 0.957. The number of ether oxygens (including phenoxy) is 2. The normalized spacial score (nSPS) is 19.0. The SMILES string of the molecule is C#CC(NC(=O)CN1C(=O)COc2ccccc21)C1CCOCC1. The summed E-state index contributed by atoms with van der Waals surface area (Å²) in [4.78, 5) is 26.0. The van der Waals surface area contributed by atoms with Crippen molar-refractivity contribution in [2.75, 3.05) is 31.3 Å². The van der Waals surface area contributed by atoms with Gasteiger partial charge in [-0.25, -0.2) is 0 Å². The smallest absolute Gasteiger partial charge is 0.265 e. The van der Waals surface area contributed by atoms with Gasteiger partial charge in [-0.15, -0.1) is 6.42 Å². The summed E-state index contributed by atoms with van der Waals surface area (Å²) in [7, 11) is 0. The van der Waals surface area contributed by atoms with E-state index in [2.05, 4.69) is 11.2 Å². The number of carbonyl (C=O) groups is 2. The fourth-order valence-corrected chi connectivity index (χ4v) is 3.03. The molecule has 2 amide bonds. The molecule has 6 nitrogen and oxygen atoms in total. The van der Waals surface area contributed by atoms with Gasteiger partial charge in [-0.05, 0) is 30.9 Å². The van der Waals surface area contributed by atoms with Crippen LogP contribution in [0.25, 0.3) is 0 Å². The monoisotopic (exact) mass is 328 g/mol. The molecule has 0 saturated carbocycles. The quantitative estimate of drug-likeness (QED) is 0.836. The Morgan fingerprint density at radius 3 is 2.88 bits per heavy atom. The van der Waals surface area contributed by atoms with Crippen molar-refractivity contribution in [3.63, 3.8) is 0 Å². The van der Waals surface area contributed by atoms with Gasteiger partial charge in [0, 0.05) is 13.2 Å². The number of terminal acetylenes is 1. The first-order valence-corrected chi connectivity index (χ1v) is 8.04. The molecule has 1 saturated heterocycles. The second-order valence-corrected chi connectivity index (χ2v) is 5.90. The zero-order chi connectivity index (χ0) is 16.9. The highest BCUT2D eigenvalue weighted by atomic mass is 16.5. The molecular weight excluding hydrogens is 308 g/mol. The Labute approximate surface area is 141 Å². The minimum Gasteiger partial charge on any atom is -0.482 e. The second kappa shape index (κ2) is 7.37. The first-order valence-electron chi connectivity index (χ1n) is 8.04. The van der Waals surface area contributed by atoms with Crippen molar-refractivity contribution in [2.45, 2.75) is 18.9 Å². The number of amides is 2. The summed E-state index contributed by atoms with van der Waals surface area (Å²) in [6.07, 6.45) is 7.24. The summed E-state index contributed by atoms with van der Waals surface area (Å²) in [5, 5.41) is 2.87. The highest BCUT2D eigenvalue weighted by Crippen LogP contribution is 2.31. The van der Waals surface area contributed by atoms with Crippen molar-refractivity contribution in [1.82, 2.24) is 5.32 Å². The van der Waals surface area contributed by atoms with Crippen LogP contribution in [-0.2, 0) is 14.3 Å². The van der Waals surface area contributed by atoms with Crippen LogP contribution in [0.2, 0.25) is 0 Å². The number of hydrogen-bond donors (Lipinski definition) is 1. The molecule has 0 bridgehead atoms. The van der Waals surface area contributed by atoms with Crippen molar-refractivity contribution in [3.05, 3.63) is 24.3 Å². The molecule has 1 aromatic carbocycles. The standard InChI is InChI=1S/C18H20N2O4/c1-2-14(13-7-9-23-10-8-13)19-17(21)11-20-15-5-3-4-6-16(15)24-12-18(20)22/h1,3-6,13-14H,7-12H2,(H,19,21). The lowest BCUT2D eigenvalue weighted by atomic mass is 9.92. The maximum atomic E-state index is 12.4. The van der Waals surface area contributed by atoms with E-state index in [1.807, 2.05) is 6.07 Å². The molecule has 0 radical (unpaired) electrons. The lowest BCUT2D eigenvalue weighted by Gasteiger charge is -2.31. The molecule has 0 aliphatic carbocycles. The first kappa shape index (κ1) is 16.3. The maximum Gasteiger partial charge on any atom is 0.265 e. The summed E-state index contributed by atoms with van der Waals surface area (Å²) in [6, 6.07) is 6.83. The summed E-state index contributed by atoms with van der Waals surface area (Å²) in [6.45, 7) is 1.19. The first-order chi connectivity index (χ1) is 11.7.